The van der Waals surface area contributed by atoms with Crippen LogP contribution in [0.5, 0.6) is 0 Å². The number of aliphatic hydroxyl groups is 2. The molecular weight excluding hydrogens is 244 g/mol. The van der Waals surface area contributed by atoms with Gasteiger partial charge >= 0.3 is 0 Å². The molecule has 0 saturated carbocycles. The molecule has 0 aromatic carbocycles. The van der Waals surface area contributed by atoms with E-state index < -0.39 is 12.7 Å². The number of nitrogens with one attached hydrogen (secondary N) is 2. The van der Waals surface area contributed by atoms with Gasteiger partial charge in [0.15, 0.2) is 0 Å². The summed E-state index contributed by atoms with van der Waals surface area (Å²) in [5.74, 6) is -0.548. The van der Waals surface area contributed by atoms with Crippen molar-refractivity contribution in [3.05, 3.63) is 17.0 Å². The largest absolute Gasteiger partial charge is 0.394 e. The molecule has 1 rings (SSSR count). The van der Waals surface area contributed by atoms with Crippen molar-refractivity contribution >= 4 is 28.2 Å². The van der Waals surface area contributed by atoms with E-state index in [2.05, 4.69) is 10.6 Å². The number of aliphatic hydroxyl groups excluding tert-OH is 2. The quantitative estimate of drug-likeness (QED) is 0.587. The van der Waals surface area contributed by atoms with Crippen LogP contribution in [0.25, 0.3) is 0 Å². The molecule has 1 atom stereocenters. The van der Waals surface area contributed by atoms with Gasteiger partial charge in [0.1, 0.15) is 0 Å². The van der Waals surface area contributed by atoms with Crippen molar-refractivity contribution in [1.82, 2.24) is 5.32 Å². The summed E-state index contributed by atoms with van der Waals surface area (Å²) < 4.78 is 0. The monoisotopic (exact) mass is 258 g/mol. The maximum Gasteiger partial charge on any atom is 0.261 e. The van der Waals surface area contributed by atoms with Crippen LogP contribution in [0.2, 0.25) is 0 Å². The van der Waals surface area contributed by atoms with Gasteiger partial charge in [0.25, 0.3) is 5.91 Å². The normalized spacial score (nSPS) is 11.9. The minimum absolute atomic E-state index is 0.0112. The van der Waals surface area contributed by atoms with Crippen LogP contribution < -0.4 is 10.6 Å². The Balaban J connectivity index is 2.52. The predicted molar refractivity (Wildman–Crippen MR) is 64.0 cm³/mol. The zero-order valence-electron chi connectivity index (χ0n) is 9.27. The highest BCUT2D eigenvalue weighted by atomic mass is 32.1. The van der Waals surface area contributed by atoms with Crippen molar-refractivity contribution < 1.29 is 19.8 Å². The molecule has 1 aromatic heterocycles. The lowest BCUT2D eigenvalue weighted by Gasteiger charge is -2.07. The molecule has 0 fully saturated rings. The van der Waals surface area contributed by atoms with E-state index in [9.17, 15) is 9.59 Å². The van der Waals surface area contributed by atoms with Crippen LogP contribution in [-0.4, -0.2) is 41.3 Å². The van der Waals surface area contributed by atoms with Crippen LogP contribution in [0.3, 0.4) is 0 Å². The van der Waals surface area contributed by atoms with Gasteiger partial charge in [-0.2, -0.15) is 0 Å². The zero-order chi connectivity index (χ0) is 12.8. The first-order valence-corrected chi connectivity index (χ1v) is 5.79. The molecule has 7 heteroatoms. The van der Waals surface area contributed by atoms with E-state index in [0.29, 0.717) is 9.88 Å². The van der Waals surface area contributed by atoms with E-state index in [-0.39, 0.29) is 18.4 Å². The van der Waals surface area contributed by atoms with Gasteiger partial charge in [-0.15, -0.1) is 11.3 Å². The smallest absolute Gasteiger partial charge is 0.261 e. The minimum Gasteiger partial charge on any atom is -0.394 e. The standard InChI is InChI=1S/C10H14N2O4S/c1-6(14)12-9-3-2-8(17-9)10(16)11-4-7(15)5-13/h2-3,7,13,15H,4-5H2,1H3,(H,11,16)(H,12,14). The number of anilines is 1. The van der Waals surface area contributed by atoms with Crippen LogP contribution in [0.4, 0.5) is 5.00 Å². The maximum absolute atomic E-state index is 11.6. The molecule has 0 radical (unpaired) electrons. The van der Waals surface area contributed by atoms with Crippen molar-refractivity contribution in [2.24, 2.45) is 0 Å². The predicted octanol–water partition coefficient (Wildman–Crippen LogP) is -0.211. The van der Waals surface area contributed by atoms with Crippen LogP contribution in [0, 0.1) is 0 Å². The number of thiophene rings is 1. The van der Waals surface area contributed by atoms with Gasteiger partial charge in [0, 0.05) is 13.5 Å². The lowest BCUT2D eigenvalue weighted by atomic mass is 10.3. The fourth-order valence-corrected chi connectivity index (χ4v) is 1.93. The molecule has 0 saturated heterocycles. The molecule has 0 aliphatic heterocycles. The number of hydrogen-bond acceptors (Lipinski definition) is 5. The second-order valence-corrected chi connectivity index (χ2v) is 4.48. The Hall–Kier alpha value is -1.44. The molecule has 0 bridgehead atoms. The van der Waals surface area contributed by atoms with E-state index >= 15 is 0 Å². The first-order chi connectivity index (χ1) is 8.02. The number of carbonyl (C=O) groups is 2. The average Bonchev–Trinajstić information content (AvgIpc) is 2.72. The topological polar surface area (TPSA) is 98.7 Å². The van der Waals surface area contributed by atoms with Crippen LogP contribution in [0.1, 0.15) is 16.6 Å². The summed E-state index contributed by atoms with van der Waals surface area (Å²) >= 11 is 1.14. The van der Waals surface area contributed by atoms with E-state index in [1.165, 1.54) is 6.92 Å². The Morgan fingerprint density at radius 1 is 1.47 bits per heavy atom. The summed E-state index contributed by atoms with van der Waals surface area (Å²) in [7, 11) is 0. The highest BCUT2D eigenvalue weighted by molar-refractivity contribution is 7.18. The van der Waals surface area contributed by atoms with Gasteiger partial charge in [-0.3, -0.25) is 9.59 Å². The summed E-state index contributed by atoms with van der Waals surface area (Å²) in [6, 6.07) is 3.21. The molecule has 2 amide bonds. The van der Waals surface area contributed by atoms with Gasteiger partial charge in [-0.25, -0.2) is 0 Å². The van der Waals surface area contributed by atoms with Gasteiger partial charge in [0.2, 0.25) is 5.91 Å². The molecule has 94 valence electrons. The number of rotatable bonds is 5. The zero-order valence-corrected chi connectivity index (χ0v) is 10.1. The summed E-state index contributed by atoms with van der Waals surface area (Å²) in [5, 5.41) is 23.3. The van der Waals surface area contributed by atoms with E-state index in [0.717, 1.165) is 11.3 Å². The molecule has 1 aromatic rings. The molecule has 1 unspecified atom stereocenters. The van der Waals surface area contributed by atoms with Crippen LogP contribution >= 0.6 is 11.3 Å². The van der Waals surface area contributed by atoms with E-state index in [4.69, 9.17) is 10.2 Å². The third-order valence-corrected chi connectivity index (χ3v) is 2.84. The fourth-order valence-electron chi connectivity index (χ4n) is 1.06. The molecule has 6 nitrogen and oxygen atoms in total. The molecule has 0 spiro atoms. The first kappa shape index (κ1) is 13.6. The van der Waals surface area contributed by atoms with Crippen LogP contribution in [-0.2, 0) is 4.79 Å². The van der Waals surface area contributed by atoms with Crippen molar-refractivity contribution in [2.75, 3.05) is 18.5 Å². The van der Waals surface area contributed by atoms with E-state index in [1.54, 1.807) is 12.1 Å². The molecule has 0 aliphatic rings. The summed E-state index contributed by atoms with van der Waals surface area (Å²) in [4.78, 5) is 22.8. The second-order valence-electron chi connectivity index (χ2n) is 3.39. The highest BCUT2D eigenvalue weighted by Crippen LogP contribution is 2.21. The molecular formula is C10H14N2O4S. The van der Waals surface area contributed by atoms with Crippen molar-refractivity contribution in [1.29, 1.82) is 0 Å². The van der Waals surface area contributed by atoms with E-state index in [1.807, 2.05) is 0 Å². The van der Waals surface area contributed by atoms with Crippen LogP contribution in [0.15, 0.2) is 12.1 Å². The van der Waals surface area contributed by atoms with Gasteiger partial charge in [-0.1, -0.05) is 0 Å². The van der Waals surface area contributed by atoms with Gasteiger partial charge in [0.05, 0.1) is 22.6 Å². The van der Waals surface area contributed by atoms with Crippen molar-refractivity contribution in [3.8, 4) is 0 Å². The molecule has 0 aliphatic carbocycles. The summed E-state index contributed by atoms with van der Waals surface area (Å²) in [5.41, 5.74) is 0. The second kappa shape index (κ2) is 6.33. The third kappa shape index (κ3) is 4.51. The minimum atomic E-state index is -0.964. The maximum atomic E-state index is 11.6. The Morgan fingerprint density at radius 3 is 2.76 bits per heavy atom. The molecule has 1 heterocycles. The summed E-state index contributed by atoms with van der Waals surface area (Å²) in [6.07, 6.45) is -0.964. The van der Waals surface area contributed by atoms with Crippen molar-refractivity contribution in [2.45, 2.75) is 13.0 Å². The Morgan fingerprint density at radius 2 is 2.18 bits per heavy atom. The first-order valence-electron chi connectivity index (χ1n) is 4.97. The number of carbonyl (C=O) groups excluding carboxylic acids is 2. The lowest BCUT2D eigenvalue weighted by Crippen LogP contribution is -2.33. The Kier molecular flexibility index (Phi) is 5.08. The molecule has 4 N–H and O–H groups in total. The van der Waals surface area contributed by atoms with Gasteiger partial charge in [-0.05, 0) is 12.1 Å². The SMILES string of the molecule is CC(=O)Nc1ccc(C(=O)NCC(O)CO)s1. The average molecular weight is 258 g/mol. The lowest BCUT2D eigenvalue weighted by molar-refractivity contribution is -0.114. The Bertz CT molecular complexity index is 405. The Labute approximate surface area is 102 Å². The molecule has 17 heavy (non-hydrogen) atoms. The third-order valence-electron chi connectivity index (χ3n) is 1.84. The van der Waals surface area contributed by atoms with Crippen molar-refractivity contribution in [3.63, 3.8) is 0 Å². The number of hydrogen-bond donors (Lipinski definition) is 4. The summed E-state index contributed by atoms with van der Waals surface area (Å²) in [6.45, 7) is 0.974. The highest BCUT2D eigenvalue weighted by Gasteiger charge is 2.11. The van der Waals surface area contributed by atoms with Gasteiger partial charge < -0.3 is 20.8 Å². The fraction of sp³-hybridized carbons (Fsp3) is 0.400. The number of amides is 2.